The number of carbonyl (C=O) groups is 1. The van der Waals surface area contributed by atoms with E-state index < -0.39 is 11.8 Å². The van der Waals surface area contributed by atoms with Crippen molar-refractivity contribution in [3.05, 3.63) is 40.2 Å². The normalized spacial score (nSPS) is 10.9. The molecule has 0 saturated heterocycles. The standard InChI is InChI=1S/C11H10ClFO3/c12-9-5-7(3-1-2-4-14)10(13)6-8(9)11(15)16/h1,3,5-6,14H,2,4H2,(H,15,16). The Morgan fingerprint density at radius 2 is 2.19 bits per heavy atom. The summed E-state index contributed by atoms with van der Waals surface area (Å²) in [5.41, 5.74) is -0.0677. The van der Waals surface area contributed by atoms with Crippen molar-refractivity contribution < 1.29 is 19.4 Å². The summed E-state index contributed by atoms with van der Waals surface area (Å²) in [5, 5.41) is 17.2. The number of hydrogen-bond acceptors (Lipinski definition) is 2. The van der Waals surface area contributed by atoms with Gasteiger partial charge in [-0.15, -0.1) is 0 Å². The minimum absolute atomic E-state index is 0.0162. The van der Waals surface area contributed by atoms with Crippen molar-refractivity contribution in [3.8, 4) is 0 Å². The summed E-state index contributed by atoms with van der Waals surface area (Å²) >= 11 is 5.68. The quantitative estimate of drug-likeness (QED) is 0.856. The van der Waals surface area contributed by atoms with Gasteiger partial charge in [-0.1, -0.05) is 23.8 Å². The first-order valence-electron chi connectivity index (χ1n) is 4.56. The zero-order valence-electron chi connectivity index (χ0n) is 8.28. The third kappa shape index (κ3) is 3.05. The van der Waals surface area contributed by atoms with E-state index in [-0.39, 0.29) is 22.8 Å². The van der Waals surface area contributed by atoms with Gasteiger partial charge in [0.25, 0.3) is 0 Å². The van der Waals surface area contributed by atoms with Gasteiger partial charge in [0.15, 0.2) is 0 Å². The first kappa shape index (κ1) is 12.7. The first-order valence-corrected chi connectivity index (χ1v) is 4.93. The highest BCUT2D eigenvalue weighted by molar-refractivity contribution is 6.33. The zero-order valence-corrected chi connectivity index (χ0v) is 9.04. The van der Waals surface area contributed by atoms with Crippen molar-refractivity contribution in [2.24, 2.45) is 0 Å². The molecule has 86 valence electrons. The van der Waals surface area contributed by atoms with E-state index in [4.69, 9.17) is 21.8 Å². The van der Waals surface area contributed by atoms with Gasteiger partial charge in [-0.25, -0.2) is 9.18 Å². The molecule has 0 aliphatic rings. The summed E-state index contributed by atoms with van der Waals surface area (Å²) in [7, 11) is 0. The maximum absolute atomic E-state index is 13.4. The van der Waals surface area contributed by atoms with Crippen molar-refractivity contribution in [1.29, 1.82) is 0 Å². The summed E-state index contributed by atoms with van der Waals surface area (Å²) < 4.78 is 13.4. The van der Waals surface area contributed by atoms with E-state index >= 15 is 0 Å². The fourth-order valence-corrected chi connectivity index (χ4v) is 1.39. The van der Waals surface area contributed by atoms with E-state index in [2.05, 4.69) is 0 Å². The lowest BCUT2D eigenvalue weighted by molar-refractivity contribution is 0.0696. The molecule has 0 atom stereocenters. The van der Waals surface area contributed by atoms with Crippen LogP contribution in [0, 0.1) is 5.82 Å². The predicted molar refractivity (Wildman–Crippen MR) is 59.1 cm³/mol. The second-order valence-corrected chi connectivity index (χ2v) is 3.48. The van der Waals surface area contributed by atoms with Gasteiger partial charge in [0.2, 0.25) is 0 Å². The van der Waals surface area contributed by atoms with Crippen molar-refractivity contribution in [2.75, 3.05) is 6.61 Å². The van der Waals surface area contributed by atoms with Crippen LogP contribution in [0.1, 0.15) is 22.3 Å². The summed E-state index contributed by atoms with van der Waals surface area (Å²) in [6.07, 6.45) is 3.43. The number of aliphatic hydroxyl groups excluding tert-OH is 1. The number of carboxylic acid groups (broad SMARTS) is 1. The molecule has 0 aliphatic carbocycles. The number of carboxylic acids is 1. The van der Waals surface area contributed by atoms with Crippen LogP contribution in [-0.2, 0) is 0 Å². The monoisotopic (exact) mass is 244 g/mol. The van der Waals surface area contributed by atoms with Crippen LogP contribution in [0.25, 0.3) is 6.08 Å². The summed E-state index contributed by atoms with van der Waals surface area (Å²) in [5.74, 6) is -1.93. The van der Waals surface area contributed by atoms with E-state index in [9.17, 15) is 9.18 Å². The molecular formula is C11H10ClFO3. The molecule has 0 unspecified atom stereocenters. The Morgan fingerprint density at radius 3 is 2.75 bits per heavy atom. The molecule has 5 heteroatoms. The minimum Gasteiger partial charge on any atom is -0.478 e. The fraction of sp³-hybridized carbons (Fsp3) is 0.182. The van der Waals surface area contributed by atoms with Gasteiger partial charge < -0.3 is 10.2 Å². The van der Waals surface area contributed by atoms with Crippen molar-refractivity contribution in [1.82, 2.24) is 0 Å². The highest BCUT2D eigenvalue weighted by atomic mass is 35.5. The third-order valence-electron chi connectivity index (χ3n) is 1.91. The molecule has 1 rings (SSSR count). The molecule has 3 nitrogen and oxygen atoms in total. The second kappa shape index (κ2) is 5.63. The van der Waals surface area contributed by atoms with E-state index in [0.717, 1.165) is 6.07 Å². The van der Waals surface area contributed by atoms with Gasteiger partial charge in [0.1, 0.15) is 5.82 Å². The Hall–Kier alpha value is -1.39. The molecule has 0 spiro atoms. The SMILES string of the molecule is O=C(O)c1cc(F)c(C=CCCO)cc1Cl. The molecule has 16 heavy (non-hydrogen) atoms. The van der Waals surface area contributed by atoms with Crippen LogP contribution >= 0.6 is 11.6 Å². The van der Waals surface area contributed by atoms with Crippen LogP contribution < -0.4 is 0 Å². The number of rotatable bonds is 4. The molecule has 0 fully saturated rings. The van der Waals surface area contributed by atoms with E-state index in [1.807, 2.05) is 0 Å². The highest BCUT2D eigenvalue weighted by Crippen LogP contribution is 2.22. The number of aromatic carboxylic acids is 1. The largest absolute Gasteiger partial charge is 0.478 e. The van der Waals surface area contributed by atoms with Gasteiger partial charge in [-0.3, -0.25) is 0 Å². The Labute approximate surface area is 96.8 Å². The molecule has 0 heterocycles. The van der Waals surface area contributed by atoms with Crippen LogP contribution in [0.4, 0.5) is 4.39 Å². The van der Waals surface area contributed by atoms with Gasteiger partial charge >= 0.3 is 5.97 Å². The molecule has 0 radical (unpaired) electrons. The van der Waals surface area contributed by atoms with Crippen molar-refractivity contribution in [2.45, 2.75) is 6.42 Å². The summed E-state index contributed by atoms with van der Waals surface area (Å²) in [4.78, 5) is 10.6. The number of aliphatic hydroxyl groups is 1. The number of benzene rings is 1. The molecular weight excluding hydrogens is 235 g/mol. The molecule has 0 aliphatic heterocycles. The van der Waals surface area contributed by atoms with E-state index in [1.54, 1.807) is 6.08 Å². The lowest BCUT2D eigenvalue weighted by Crippen LogP contribution is -1.99. The molecule has 1 aromatic rings. The van der Waals surface area contributed by atoms with Crippen molar-refractivity contribution >= 4 is 23.6 Å². The van der Waals surface area contributed by atoms with Crippen molar-refractivity contribution in [3.63, 3.8) is 0 Å². The predicted octanol–water partition coefficient (Wildman–Crippen LogP) is 2.57. The smallest absolute Gasteiger partial charge is 0.337 e. The molecule has 1 aromatic carbocycles. The Bertz CT molecular complexity index is 429. The van der Waals surface area contributed by atoms with Gasteiger partial charge in [0, 0.05) is 12.2 Å². The molecule has 0 saturated carbocycles. The zero-order chi connectivity index (χ0) is 12.1. The average Bonchev–Trinajstić information content (AvgIpc) is 2.22. The van der Waals surface area contributed by atoms with E-state index in [0.29, 0.717) is 6.42 Å². The Kier molecular flexibility index (Phi) is 4.46. The van der Waals surface area contributed by atoms with E-state index in [1.165, 1.54) is 12.1 Å². The summed E-state index contributed by atoms with van der Waals surface area (Å²) in [6.45, 7) is -0.0287. The van der Waals surface area contributed by atoms with Crippen LogP contribution in [0.5, 0.6) is 0 Å². The maximum Gasteiger partial charge on any atom is 0.337 e. The fourth-order valence-electron chi connectivity index (χ4n) is 1.14. The minimum atomic E-state index is -1.27. The topological polar surface area (TPSA) is 57.5 Å². The average molecular weight is 245 g/mol. The first-order chi connectivity index (χ1) is 7.56. The Morgan fingerprint density at radius 1 is 1.50 bits per heavy atom. The molecule has 0 aromatic heterocycles. The van der Waals surface area contributed by atoms with Gasteiger partial charge in [-0.05, 0) is 18.6 Å². The third-order valence-corrected chi connectivity index (χ3v) is 2.22. The maximum atomic E-state index is 13.4. The van der Waals surface area contributed by atoms with Crippen LogP contribution in [0.3, 0.4) is 0 Å². The van der Waals surface area contributed by atoms with Gasteiger partial charge in [0.05, 0.1) is 10.6 Å². The van der Waals surface area contributed by atoms with Crippen LogP contribution in [0.15, 0.2) is 18.2 Å². The lowest BCUT2D eigenvalue weighted by atomic mass is 10.1. The number of halogens is 2. The second-order valence-electron chi connectivity index (χ2n) is 3.07. The Balaban J connectivity index is 3.05. The lowest BCUT2D eigenvalue weighted by Gasteiger charge is -2.02. The molecule has 2 N–H and O–H groups in total. The summed E-state index contributed by atoms with van der Waals surface area (Å²) in [6, 6.07) is 2.12. The van der Waals surface area contributed by atoms with Gasteiger partial charge in [-0.2, -0.15) is 0 Å². The van der Waals surface area contributed by atoms with Crippen LogP contribution in [-0.4, -0.2) is 22.8 Å². The highest BCUT2D eigenvalue weighted by Gasteiger charge is 2.12. The van der Waals surface area contributed by atoms with Crippen LogP contribution in [0.2, 0.25) is 5.02 Å². The molecule has 0 amide bonds. The molecule has 0 bridgehead atoms. The number of hydrogen-bond donors (Lipinski definition) is 2.